The molecule has 13 N–H and O–H groups in total. The van der Waals surface area contributed by atoms with Crippen molar-refractivity contribution in [2.75, 3.05) is 26.4 Å². The summed E-state index contributed by atoms with van der Waals surface area (Å²) in [6.07, 6.45) is -14.6. The second-order valence-corrected chi connectivity index (χ2v) is 23.4. The zero-order valence-electron chi connectivity index (χ0n) is 41.0. The molecule has 3 unspecified atom stereocenters. The SMILES string of the molecule is C[C@H](CC[C@@H](O[C@@H]1O[C@H](CO[C@@H]2O[C@H](CO)[C@@H](O)[C@H](O)[C@H]2O)[C@@H](O)[C@H](O)[C@H]1O)C(C)(C)O)C1CC[C@@]2(C)C3CC=C4C(CC[C@H](O[C@@H]5O[C@H](CO)[C@@H](CO)[C@H](O)[C@H]5O)C4(C)C)[C@]3(C)[C@H](O)C[C@]12C. The maximum absolute atomic E-state index is 12.6. The van der Waals surface area contributed by atoms with E-state index < -0.39 is 147 Å². The summed E-state index contributed by atoms with van der Waals surface area (Å²) in [5, 5.41) is 139. The number of fused-ring (bicyclic) bond motifs is 5. The van der Waals surface area contributed by atoms with E-state index in [2.05, 4.69) is 47.6 Å². The van der Waals surface area contributed by atoms with Crippen molar-refractivity contribution >= 4 is 0 Å². The van der Waals surface area contributed by atoms with E-state index in [-0.39, 0.29) is 40.6 Å². The third kappa shape index (κ3) is 9.32. The Morgan fingerprint density at radius 2 is 1.26 bits per heavy atom. The Morgan fingerprint density at radius 1 is 0.676 bits per heavy atom. The Balaban J connectivity index is 1.01. The fourth-order valence-corrected chi connectivity index (χ4v) is 14.5. The number of hydrogen-bond acceptors (Lipinski definition) is 19. The highest BCUT2D eigenvalue weighted by atomic mass is 16.7. The molecule has 3 saturated carbocycles. The first kappa shape index (κ1) is 54.7. The van der Waals surface area contributed by atoms with Crippen LogP contribution in [0.2, 0.25) is 0 Å². The number of ether oxygens (including phenoxy) is 6. The van der Waals surface area contributed by atoms with E-state index in [1.54, 1.807) is 13.8 Å². The molecule has 7 aliphatic rings. The summed E-state index contributed by atoms with van der Waals surface area (Å²) in [6.45, 7) is 14.5. The van der Waals surface area contributed by atoms with E-state index >= 15 is 0 Å². The van der Waals surface area contributed by atoms with Crippen LogP contribution < -0.4 is 0 Å². The van der Waals surface area contributed by atoms with Crippen molar-refractivity contribution in [2.24, 2.45) is 51.2 Å². The number of allylic oxidation sites excluding steroid dienone is 1. The van der Waals surface area contributed by atoms with Crippen molar-refractivity contribution in [1.82, 2.24) is 0 Å². The van der Waals surface area contributed by atoms with Crippen molar-refractivity contribution in [3.8, 4) is 0 Å². The van der Waals surface area contributed by atoms with Gasteiger partial charge in [0.25, 0.3) is 0 Å². The van der Waals surface area contributed by atoms with Crippen LogP contribution in [0.3, 0.4) is 0 Å². The first-order valence-electron chi connectivity index (χ1n) is 25.0. The molecule has 19 heteroatoms. The molecule has 3 saturated heterocycles. The van der Waals surface area contributed by atoms with Crippen molar-refractivity contribution < 1.29 is 94.8 Å². The van der Waals surface area contributed by atoms with Gasteiger partial charge in [-0.25, -0.2) is 0 Å². The van der Waals surface area contributed by atoms with Gasteiger partial charge in [-0.05, 0) is 99.7 Å². The lowest BCUT2D eigenvalue weighted by molar-refractivity contribution is -0.341. The van der Waals surface area contributed by atoms with Crippen molar-refractivity contribution in [1.29, 1.82) is 0 Å². The van der Waals surface area contributed by atoms with Gasteiger partial charge in [-0.15, -0.1) is 0 Å². The molecular formula is C49H84O19. The molecule has 0 spiro atoms. The predicted octanol–water partition coefficient (Wildman–Crippen LogP) is -0.808. The molecule has 3 heterocycles. The van der Waals surface area contributed by atoms with Crippen LogP contribution in [0.1, 0.15) is 107 Å². The number of aliphatic hydroxyl groups is 13. The van der Waals surface area contributed by atoms with Gasteiger partial charge in [-0.3, -0.25) is 0 Å². The zero-order chi connectivity index (χ0) is 50.2. The summed E-state index contributed by atoms with van der Waals surface area (Å²) in [5.74, 6) is -0.288. The quantitative estimate of drug-likeness (QED) is 0.0893. The molecule has 394 valence electrons. The second-order valence-electron chi connectivity index (χ2n) is 23.4. The first-order chi connectivity index (χ1) is 31.7. The minimum atomic E-state index is -1.75. The van der Waals surface area contributed by atoms with E-state index in [4.69, 9.17) is 28.4 Å². The second kappa shape index (κ2) is 20.4. The highest BCUT2D eigenvalue weighted by Crippen LogP contribution is 2.75. The molecule has 6 fully saturated rings. The summed E-state index contributed by atoms with van der Waals surface area (Å²) in [6, 6.07) is 0. The van der Waals surface area contributed by atoms with Gasteiger partial charge in [-0.1, -0.05) is 53.2 Å². The Morgan fingerprint density at radius 3 is 1.88 bits per heavy atom. The third-order valence-electron chi connectivity index (χ3n) is 19.1. The molecule has 0 aromatic heterocycles. The normalized spacial score (nSPS) is 50.4. The zero-order valence-corrected chi connectivity index (χ0v) is 41.0. The molecule has 0 aromatic carbocycles. The highest BCUT2D eigenvalue weighted by Gasteiger charge is 2.70. The maximum Gasteiger partial charge on any atom is 0.187 e. The monoisotopic (exact) mass is 977 g/mol. The molecule has 68 heavy (non-hydrogen) atoms. The summed E-state index contributed by atoms with van der Waals surface area (Å²) in [5.41, 5.74) is -1.57. The molecule has 0 bridgehead atoms. The van der Waals surface area contributed by atoms with Crippen LogP contribution in [0.15, 0.2) is 11.6 Å². The minimum Gasteiger partial charge on any atom is -0.396 e. The summed E-state index contributed by atoms with van der Waals surface area (Å²) in [7, 11) is 0. The maximum atomic E-state index is 12.6. The Kier molecular flexibility index (Phi) is 16.4. The Bertz CT molecular complexity index is 1730. The van der Waals surface area contributed by atoms with Crippen molar-refractivity contribution in [2.45, 2.75) is 217 Å². The van der Waals surface area contributed by atoms with E-state index in [0.717, 1.165) is 25.7 Å². The standard InChI is InChI=1S/C49H84O19/c1-22(9-13-33(46(4,5)62)68-44-41(61)38(58)36(56)29(66-44)21-63-42-40(60)37(57)35(55)28(20-52)65-42)24-15-16-47(6)30-12-10-25-26(49(30,8)31(53)17-48(24,47)7)11-14-32(45(25,2)3)67-43-39(59)34(54)23(18-50)27(19-51)64-43/h10,22-24,26-44,50-62H,9,11-21H2,1-8H3/t22-,23-,24?,26?,27-,28-,29-,30?,31-,32+,33-,34+,35-,36-,37+,38+,39-,40-,41-,42-,43+,44+,47+,48-,49+/m1/s1. The van der Waals surface area contributed by atoms with Gasteiger partial charge in [0.1, 0.15) is 54.9 Å². The van der Waals surface area contributed by atoms with Gasteiger partial charge in [0, 0.05) is 16.7 Å². The van der Waals surface area contributed by atoms with Crippen molar-refractivity contribution in [3.05, 3.63) is 11.6 Å². The predicted molar refractivity (Wildman–Crippen MR) is 240 cm³/mol. The van der Waals surface area contributed by atoms with Crippen LogP contribution in [-0.2, 0) is 28.4 Å². The van der Waals surface area contributed by atoms with Gasteiger partial charge in [0.05, 0.1) is 62.5 Å². The summed E-state index contributed by atoms with van der Waals surface area (Å²) >= 11 is 0. The lowest BCUT2D eigenvalue weighted by Crippen LogP contribution is -2.65. The topological polar surface area (TPSA) is 318 Å². The molecule has 4 aliphatic carbocycles. The minimum absolute atomic E-state index is 0.0660. The highest BCUT2D eigenvalue weighted by molar-refractivity contribution is 5.32. The summed E-state index contributed by atoms with van der Waals surface area (Å²) < 4.78 is 35.6. The van der Waals surface area contributed by atoms with Crippen LogP contribution in [-0.4, -0.2) is 203 Å². The van der Waals surface area contributed by atoms with Crippen LogP contribution in [0.5, 0.6) is 0 Å². The molecule has 0 amide bonds. The van der Waals surface area contributed by atoms with Crippen molar-refractivity contribution in [3.63, 3.8) is 0 Å². The molecule has 25 atom stereocenters. The fraction of sp³-hybridized carbons (Fsp3) is 0.959. The lowest BCUT2D eigenvalue weighted by Gasteiger charge is -2.67. The van der Waals surface area contributed by atoms with Crippen LogP contribution in [0.25, 0.3) is 0 Å². The van der Waals surface area contributed by atoms with Gasteiger partial charge in [-0.2, -0.15) is 0 Å². The number of aliphatic hydroxyl groups excluding tert-OH is 12. The van der Waals surface area contributed by atoms with Crippen LogP contribution in [0.4, 0.5) is 0 Å². The molecule has 3 aliphatic heterocycles. The number of hydrogen-bond donors (Lipinski definition) is 13. The fourth-order valence-electron chi connectivity index (χ4n) is 14.5. The largest absolute Gasteiger partial charge is 0.396 e. The van der Waals surface area contributed by atoms with Gasteiger partial charge < -0.3 is 94.8 Å². The Labute approximate surface area is 400 Å². The molecule has 7 rings (SSSR count). The van der Waals surface area contributed by atoms with Crippen LogP contribution in [0, 0.1) is 51.2 Å². The molecule has 0 radical (unpaired) electrons. The summed E-state index contributed by atoms with van der Waals surface area (Å²) in [4.78, 5) is 0. The van der Waals surface area contributed by atoms with E-state index in [1.165, 1.54) is 5.57 Å². The molecule has 0 aromatic rings. The Hall–Kier alpha value is -1.02. The van der Waals surface area contributed by atoms with Gasteiger partial charge in [0.2, 0.25) is 0 Å². The van der Waals surface area contributed by atoms with Gasteiger partial charge >= 0.3 is 0 Å². The van der Waals surface area contributed by atoms with E-state index in [1.807, 2.05) is 0 Å². The average molecular weight is 977 g/mol. The van der Waals surface area contributed by atoms with Crippen LogP contribution >= 0.6 is 0 Å². The lowest BCUT2D eigenvalue weighted by atomic mass is 9.38. The molecule has 19 nitrogen and oxygen atoms in total. The third-order valence-corrected chi connectivity index (χ3v) is 19.1. The first-order valence-corrected chi connectivity index (χ1v) is 25.0. The molecular weight excluding hydrogens is 893 g/mol. The smallest absolute Gasteiger partial charge is 0.187 e. The average Bonchev–Trinajstić information content (AvgIpc) is 3.55. The van der Waals surface area contributed by atoms with E-state index in [0.29, 0.717) is 25.7 Å². The van der Waals surface area contributed by atoms with E-state index in [9.17, 15) is 66.4 Å². The van der Waals surface area contributed by atoms with Gasteiger partial charge in [0.15, 0.2) is 18.9 Å². The number of rotatable bonds is 15.